The summed E-state index contributed by atoms with van der Waals surface area (Å²) in [6.07, 6.45) is 5.19. The van der Waals surface area contributed by atoms with Gasteiger partial charge in [-0.25, -0.2) is 0 Å². The summed E-state index contributed by atoms with van der Waals surface area (Å²) in [5, 5.41) is 0. The number of rotatable bonds is 6. The molecular formula is C11H25N. The lowest BCUT2D eigenvalue weighted by atomic mass is 9.83. The number of hydrogen-bond acceptors (Lipinski definition) is 1. The van der Waals surface area contributed by atoms with Crippen LogP contribution in [0, 0.1) is 11.3 Å². The molecule has 0 atom stereocenters. The molecular weight excluding hydrogens is 146 g/mol. The van der Waals surface area contributed by atoms with Gasteiger partial charge in [-0.3, -0.25) is 0 Å². The SMILES string of the molecule is CC(C)CCCC(C)(C)CCN. The molecule has 0 unspecified atom stereocenters. The van der Waals surface area contributed by atoms with Crippen molar-refractivity contribution in [2.24, 2.45) is 17.1 Å². The van der Waals surface area contributed by atoms with E-state index in [0.717, 1.165) is 18.9 Å². The number of hydrogen-bond donors (Lipinski definition) is 1. The first-order valence-corrected chi connectivity index (χ1v) is 5.18. The largest absolute Gasteiger partial charge is 0.330 e. The maximum atomic E-state index is 5.55. The third-order valence-electron chi connectivity index (χ3n) is 2.46. The Kier molecular flexibility index (Phi) is 5.56. The molecule has 1 nitrogen and oxygen atoms in total. The molecule has 0 aliphatic carbocycles. The predicted octanol–water partition coefficient (Wildman–Crippen LogP) is 3.19. The standard InChI is InChI=1S/C11H25N/c1-10(2)6-5-7-11(3,4)8-9-12/h10H,5-9,12H2,1-4H3. The Bertz CT molecular complexity index is 106. The van der Waals surface area contributed by atoms with E-state index in [-0.39, 0.29) is 0 Å². The van der Waals surface area contributed by atoms with Gasteiger partial charge in [0.25, 0.3) is 0 Å². The Balaban J connectivity index is 3.46. The average molecular weight is 171 g/mol. The normalized spacial score (nSPS) is 12.5. The zero-order valence-corrected chi connectivity index (χ0v) is 9.19. The quantitative estimate of drug-likeness (QED) is 0.652. The van der Waals surface area contributed by atoms with E-state index < -0.39 is 0 Å². The van der Waals surface area contributed by atoms with E-state index in [9.17, 15) is 0 Å². The van der Waals surface area contributed by atoms with Crippen LogP contribution in [0.1, 0.15) is 53.4 Å². The van der Waals surface area contributed by atoms with Crippen molar-refractivity contribution in [1.82, 2.24) is 0 Å². The first-order valence-electron chi connectivity index (χ1n) is 5.18. The highest BCUT2D eigenvalue weighted by molar-refractivity contribution is 4.69. The molecule has 1 heteroatoms. The molecule has 0 saturated carbocycles. The lowest BCUT2D eigenvalue weighted by molar-refractivity contribution is 0.293. The maximum Gasteiger partial charge on any atom is -0.00722 e. The molecule has 0 aromatic carbocycles. The molecule has 0 aliphatic heterocycles. The van der Waals surface area contributed by atoms with Gasteiger partial charge in [0.2, 0.25) is 0 Å². The van der Waals surface area contributed by atoms with E-state index in [4.69, 9.17) is 5.73 Å². The van der Waals surface area contributed by atoms with Gasteiger partial charge in [-0.15, -0.1) is 0 Å². The van der Waals surface area contributed by atoms with Gasteiger partial charge in [-0.2, -0.15) is 0 Å². The summed E-state index contributed by atoms with van der Waals surface area (Å²) in [6.45, 7) is 10.0. The maximum absolute atomic E-state index is 5.55. The summed E-state index contributed by atoms with van der Waals surface area (Å²) in [5.74, 6) is 0.846. The van der Waals surface area contributed by atoms with Crippen LogP contribution in [-0.2, 0) is 0 Å². The summed E-state index contributed by atoms with van der Waals surface area (Å²) in [7, 11) is 0. The van der Waals surface area contributed by atoms with Gasteiger partial charge in [-0.1, -0.05) is 40.5 Å². The van der Waals surface area contributed by atoms with Crippen molar-refractivity contribution >= 4 is 0 Å². The molecule has 0 bridgehead atoms. The van der Waals surface area contributed by atoms with Crippen LogP contribution in [0.5, 0.6) is 0 Å². The first-order chi connectivity index (χ1) is 5.48. The Morgan fingerprint density at radius 2 is 1.75 bits per heavy atom. The van der Waals surface area contributed by atoms with Gasteiger partial charge in [0.15, 0.2) is 0 Å². The van der Waals surface area contributed by atoms with Crippen LogP contribution in [0.3, 0.4) is 0 Å². The second kappa shape index (κ2) is 5.58. The monoisotopic (exact) mass is 171 g/mol. The second-order valence-electron chi connectivity index (χ2n) is 4.99. The minimum atomic E-state index is 0.462. The molecule has 0 aliphatic rings. The van der Waals surface area contributed by atoms with Crippen molar-refractivity contribution in [2.45, 2.75) is 53.4 Å². The molecule has 0 fully saturated rings. The van der Waals surface area contributed by atoms with E-state index in [1.807, 2.05) is 0 Å². The molecule has 0 aromatic rings. The Morgan fingerprint density at radius 1 is 1.17 bits per heavy atom. The van der Waals surface area contributed by atoms with E-state index >= 15 is 0 Å². The van der Waals surface area contributed by atoms with Crippen molar-refractivity contribution in [3.8, 4) is 0 Å². The summed E-state index contributed by atoms with van der Waals surface area (Å²) in [6, 6.07) is 0. The van der Waals surface area contributed by atoms with Crippen molar-refractivity contribution in [1.29, 1.82) is 0 Å². The van der Waals surface area contributed by atoms with Crippen LogP contribution < -0.4 is 5.73 Å². The van der Waals surface area contributed by atoms with Crippen LogP contribution in [0.2, 0.25) is 0 Å². The van der Waals surface area contributed by atoms with Crippen molar-refractivity contribution in [2.75, 3.05) is 6.54 Å². The number of nitrogens with two attached hydrogens (primary N) is 1. The summed E-state index contributed by atoms with van der Waals surface area (Å²) >= 11 is 0. The lowest BCUT2D eigenvalue weighted by Crippen LogP contribution is -2.17. The molecule has 0 radical (unpaired) electrons. The van der Waals surface area contributed by atoms with E-state index in [0.29, 0.717) is 5.41 Å². The highest BCUT2D eigenvalue weighted by atomic mass is 14.5. The van der Waals surface area contributed by atoms with Gasteiger partial charge in [-0.05, 0) is 30.7 Å². The van der Waals surface area contributed by atoms with Crippen LogP contribution >= 0.6 is 0 Å². The highest BCUT2D eigenvalue weighted by Gasteiger charge is 2.15. The Labute approximate surface area is 77.7 Å². The zero-order chi connectivity index (χ0) is 9.61. The smallest absolute Gasteiger partial charge is 0.00722 e. The molecule has 74 valence electrons. The minimum Gasteiger partial charge on any atom is -0.330 e. The Hall–Kier alpha value is -0.0400. The summed E-state index contributed by atoms with van der Waals surface area (Å²) in [5.41, 5.74) is 6.01. The van der Waals surface area contributed by atoms with Crippen LogP contribution in [0.4, 0.5) is 0 Å². The van der Waals surface area contributed by atoms with Gasteiger partial charge >= 0.3 is 0 Å². The molecule has 0 spiro atoms. The molecule has 0 aromatic heterocycles. The van der Waals surface area contributed by atoms with Crippen molar-refractivity contribution in [3.63, 3.8) is 0 Å². The summed E-state index contributed by atoms with van der Waals surface area (Å²) < 4.78 is 0. The van der Waals surface area contributed by atoms with E-state index in [1.165, 1.54) is 19.3 Å². The molecule has 0 amide bonds. The Morgan fingerprint density at radius 3 is 2.17 bits per heavy atom. The fourth-order valence-electron chi connectivity index (χ4n) is 1.50. The molecule has 0 heterocycles. The molecule has 2 N–H and O–H groups in total. The molecule has 0 saturated heterocycles. The van der Waals surface area contributed by atoms with Crippen molar-refractivity contribution in [3.05, 3.63) is 0 Å². The highest BCUT2D eigenvalue weighted by Crippen LogP contribution is 2.27. The van der Waals surface area contributed by atoms with Crippen molar-refractivity contribution < 1.29 is 0 Å². The van der Waals surface area contributed by atoms with Gasteiger partial charge in [0.05, 0.1) is 0 Å². The molecule has 0 rings (SSSR count). The first kappa shape index (κ1) is 12.0. The zero-order valence-electron chi connectivity index (χ0n) is 9.19. The van der Waals surface area contributed by atoms with Gasteiger partial charge in [0, 0.05) is 0 Å². The van der Waals surface area contributed by atoms with Crippen LogP contribution in [0.25, 0.3) is 0 Å². The predicted molar refractivity (Wildman–Crippen MR) is 56.1 cm³/mol. The van der Waals surface area contributed by atoms with Gasteiger partial charge < -0.3 is 5.73 Å². The van der Waals surface area contributed by atoms with E-state index in [1.54, 1.807) is 0 Å². The van der Waals surface area contributed by atoms with Gasteiger partial charge in [0.1, 0.15) is 0 Å². The second-order valence-corrected chi connectivity index (χ2v) is 4.99. The third kappa shape index (κ3) is 6.66. The third-order valence-corrected chi connectivity index (χ3v) is 2.46. The van der Waals surface area contributed by atoms with E-state index in [2.05, 4.69) is 27.7 Å². The minimum absolute atomic E-state index is 0.462. The fourth-order valence-corrected chi connectivity index (χ4v) is 1.50. The van der Waals surface area contributed by atoms with Crippen LogP contribution in [-0.4, -0.2) is 6.54 Å². The average Bonchev–Trinajstić information content (AvgIpc) is 1.85. The summed E-state index contributed by atoms with van der Waals surface area (Å²) in [4.78, 5) is 0. The fraction of sp³-hybridized carbons (Fsp3) is 1.00. The van der Waals surface area contributed by atoms with Crippen LogP contribution in [0.15, 0.2) is 0 Å². The lowest BCUT2D eigenvalue weighted by Gasteiger charge is -2.23. The topological polar surface area (TPSA) is 26.0 Å². The molecule has 12 heavy (non-hydrogen) atoms.